The molecule has 2 rings (SSSR count). The Morgan fingerprint density at radius 1 is 1.41 bits per heavy atom. The van der Waals surface area contributed by atoms with Crippen molar-refractivity contribution in [2.24, 2.45) is 0 Å². The van der Waals surface area contributed by atoms with Gasteiger partial charge in [0.2, 0.25) is 0 Å². The van der Waals surface area contributed by atoms with Gasteiger partial charge in [-0.1, -0.05) is 12.1 Å². The van der Waals surface area contributed by atoms with Crippen LogP contribution >= 0.6 is 12.6 Å². The van der Waals surface area contributed by atoms with E-state index in [1.54, 1.807) is 0 Å². The van der Waals surface area contributed by atoms with Gasteiger partial charge in [0.15, 0.2) is 0 Å². The van der Waals surface area contributed by atoms with Gasteiger partial charge in [-0.15, -0.1) is 0 Å². The number of benzene rings is 1. The van der Waals surface area contributed by atoms with Gasteiger partial charge in [0.05, 0.1) is 6.10 Å². The largest absolute Gasteiger partial charge is 0.393 e. The number of aliphatic hydroxyl groups excluding tert-OH is 1. The second-order valence-electron chi connectivity index (χ2n) is 4.38. The Morgan fingerprint density at radius 2 is 2.12 bits per heavy atom. The molecule has 0 atom stereocenters. The number of carbonyl (C=O) groups is 1. The van der Waals surface area contributed by atoms with E-state index in [-0.39, 0.29) is 12.0 Å². The molecule has 0 radical (unpaired) electrons. The van der Waals surface area contributed by atoms with Crippen molar-refractivity contribution in [1.29, 1.82) is 0 Å². The minimum absolute atomic E-state index is 0.0560. The summed E-state index contributed by atoms with van der Waals surface area (Å²) >= 11 is 4.21. The van der Waals surface area contributed by atoms with E-state index in [1.165, 1.54) is 0 Å². The zero-order valence-corrected chi connectivity index (χ0v) is 10.6. The summed E-state index contributed by atoms with van der Waals surface area (Å²) in [5, 5.41) is 9.41. The van der Waals surface area contributed by atoms with Gasteiger partial charge in [0, 0.05) is 24.4 Å². The van der Waals surface area contributed by atoms with Gasteiger partial charge >= 0.3 is 0 Å². The summed E-state index contributed by atoms with van der Waals surface area (Å²) < 4.78 is 0. The number of hydrogen-bond acceptors (Lipinski definition) is 3. The van der Waals surface area contributed by atoms with Gasteiger partial charge in [-0.05, 0) is 30.5 Å². The molecule has 0 unspecified atom stereocenters. The molecule has 4 heteroatoms. The number of hydrogen-bond donors (Lipinski definition) is 2. The molecule has 1 N–H and O–H groups in total. The van der Waals surface area contributed by atoms with Crippen LogP contribution in [0.5, 0.6) is 0 Å². The number of amides is 1. The first-order valence-corrected chi connectivity index (χ1v) is 6.51. The summed E-state index contributed by atoms with van der Waals surface area (Å²) in [6, 6.07) is 7.57. The van der Waals surface area contributed by atoms with Crippen LogP contribution in [0.4, 0.5) is 0 Å². The average Bonchev–Trinajstić information content (AvgIpc) is 2.39. The molecule has 1 aliphatic heterocycles. The Labute approximate surface area is 107 Å². The number of likely N-dealkylation sites (tertiary alicyclic amines) is 1. The molecular formula is C13H17NO2S. The van der Waals surface area contributed by atoms with E-state index in [0.717, 1.165) is 5.56 Å². The van der Waals surface area contributed by atoms with Gasteiger partial charge in [-0.3, -0.25) is 4.79 Å². The molecule has 0 saturated carbocycles. The lowest BCUT2D eigenvalue weighted by atomic mass is 10.1. The lowest BCUT2D eigenvalue weighted by Crippen LogP contribution is -2.40. The smallest absolute Gasteiger partial charge is 0.253 e. The quantitative estimate of drug-likeness (QED) is 0.786. The summed E-state index contributed by atoms with van der Waals surface area (Å²) in [6.45, 7) is 1.29. The predicted octanol–water partition coefficient (Wildman–Crippen LogP) is 1.71. The van der Waals surface area contributed by atoms with E-state index in [9.17, 15) is 9.90 Å². The van der Waals surface area contributed by atoms with Gasteiger partial charge in [0.25, 0.3) is 5.91 Å². The topological polar surface area (TPSA) is 40.5 Å². The van der Waals surface area contributed by atoms with Crippen LogP contribution in [-0.4, -0.2) is 35.1 Å². The third kappa shape index (κ3) is 3.01. The lowest BCUT2D eigenvalue weighted by molar-refractivity contribution is 0.0546. The number of carbonyl (C=O) groups excluding carboxylic acids is 1. The normalized spacial score (nSPS) is 17.2. The predicted molar refractivity (Wildman–Crippen MR) is 70.3 cm³/mol. The van der Waals surface area contributed by atoms with Crippen LogP contribution < -0.4 is 0 Å². The summed E-state index contributed by atoms with van der Waals surface area (Å²) in [5.41, 5.74) is 1.77. The molecule has 0 aliphatic carbocycles. The molecule has 1 aliphatic rings. The Balaban J connectivity index is 2.08. The molecule has 92 valence electrons. The van der Waals surface area contributed by atoms with Crippen molar-refractivity contribution >= 4 is 18.5 Å². The van der Waals surface area contributed by atoms with Crippen molar-refractivity contribution in [3.63, 3.8) is 0 Å². The number of aliphatic hydroxyl groups is 1. The molecule has 1 aromatic rings. The highest BCUT2D eigenvalue weighted by Gasteiger charge is 2.22. The van der Waals surface area contributed by atoms with Crippen LogP contribution in [0.3, 0.4) is 0 Å². The zero-order chi connectivity index (χ0) is 12.3. The first-order chi connectivity index (χ1) is 8.20. The second-order valence-corrected chi connectivity index (χ2v) is 4.70. The van der Waals surface area contributed by atoms with Gasteiger partial charge in [0.1, 0.15) is 0 Å². The van der Waals surface area contributed by atoms with Crippen molar-refractivity contribution < 1.29 is 9.90 Å². The molecule has 0 bridgehead atoms. The molecule has 0 spiro atoms. The standard InChI is InChI=1S/C13H17NO2S/c15-12-4-6-14(7-5-12)13(16)11-3-1-2-10(8-11)9-17/h1-3,8,12,15,17H,4-7,9H2. The second kappa shape index (κ2) is 5.56. The van der Waals surface area contributed by atoms with Crippen LogP contribution in [0.1, 0.15) is 28.8 Å². The first-order valence-electron chi connectivity index (χ1n) is 5.88. The molecule has 0 aromatic heterocycles. The number of nitrogens with zero attached hydrogens (tertiary/aromatic N) is 1. The van der Waals surface area contributed by atoms with Crippen LogP contribution in [0, 0.1) is 0 Å². The highest BCUT2D eigenvalue weighted by atomic mass is 32.1. The van der Waals surface area contributed by atoms with Crippen LogP contribution in [0.2, 0.25) is 0 Å². The third-order valence-corrected chi connectivity index (χ3v) is 3.47. The van der Waals surface area contributed by atoms with E-state index < -0.39 is 0 Å². The van der Waals surface area contributed by atoms with Crippen molar-refractivity contribution in [2.45, 2.75) is 24.7 Å². The summed E-state index contributed by atoms with van der Waals surface area (Å²) in [5.74, 6) is 0.695. The van der Waals surface area contributed by atoms with Gasteiger partial charge < -0.3 is 10.0 Å². The monoisotopic (exact) mass is 251 g/mol. The van der Waals surface area contributed by atoms with Gasteiger partial charge in [-0.2, -0.15) is 12.6 Å². The SMILES string of the molecule is O=C(c1cccc(CS)c1)N1CCC(O)CC1. The molecule has 1 aromatic carbocycles. The minimum Gasteiger partial charge on any atom is -0.393 e. The van der Waals surface area contributed by atoms with Crippen LogP contribution in [0.25, 0.3) is 0 Å². The highest BCUT2D eigenvalue weighted by molar-refractivity contribution is 7.79. The van der Waals surface area contributed by atoms with Crippen molar-refractivity contribution in [3.8, 4) is 0 Å². The molecule has 17 heavy (non-hydrogen) atoms. The molecule has 1 amide bonds. The maximum atomic E-state index is 12.2. The zero-order valence-electron chi connectivity index (χ0n) is 9.67. The average molecular weight is 251 g/mol. The molecule has 3 nitrogen and oxygen atoms in total. The van der Waals surface area contributed by atoms with E-state index in [4.69, 9.17) is 0 Å². The van der Waals surface area contributed by atoms with Crippen LogP contribution in [0.15, 0.2) is 24.3 Å². The highest BCUT2D eigenvalue weighted by Crippen LogP contribution is 2.15. The summed E-state index contributed by atoms with van der Waals surface area (Å²) in [7, 11) is 0. The number of rotatable bonds is 2. The summed E-state index contributed by atoms with van der Waals surface area (Å²) in [6.07, 6.45) is 1.11. The fraction of sp³-hybridized carbons (Fsp3) is 0.462. The number of piperidine rings is 1. The third-order valence-electron chi connectivity index (χ3n) is 3.11. The van der Waals surface area contributed by atoms with E-state index in [0.29, 0.717) is 37.2 Å². The Bertz CT molecular complexity index is 400. The lowest BCUT2D eigenvalue weighted by Gasteiger charge is -2.29. The molecule has 1 saturated heterocycles. The van der Waals surface area contributed by atoms with E-state index in [2.05, 4.69) is 12.6 Å². The fourth-order valence-corrected chi connectivity index (χ4v) is 2.25. The minimum atomic E-state index is -0.247. The van der Waals surface area contributed by atoms with Crippen molar-refractivity contribution in [1.82, 2.24) is 4.90 Å². The molecule has 1 fully saturated rings. The van der Waals surface area contributed by atoms with Crippen molar-refractivity contribution in [3.05, 3.63) is 35.4 Å². The van der Waals surface area contributed by atoms with Gasteiger partial charge in [-0.25, -0.2) is 0 Å². The summed E-state index contributed by atoms with van der Waals surface area (Å²) in [4.78, 5) is 14.0. The van der Waals surface area contributed by atoms with Crippen LogP contribution in [-0.2, 0) is 5.75 Å². The Hall–Kier alpha value is -1.00. The van der Waals surface area contributed by atoms with Crippen molar-refractivity contribution in [2.75, 3.05) is 13.1 Å². The first kappa shape index (κ1) is 12.5. The number of thiol groups is 1. The van der Waals surface area contributed by atoms with E-state index >= 15 is 0 Å². The fourth-order valence-electron chi connectivity index (χ4n) is 2.05. The van der Waals surface area contributed by atoms with E-state index in [1.807, 2.05) is 29.2 Å². The maximum absolute atomic E-state index is 12.2. The molecule has 1 heterocycles. The Kier molecular flexibility index (Phi) is 4.07. The molecular weight excluding hydrogens is 234 g/mol. The Morgan fingerprint density at radius 3 is 2.76 bits per heavy atom. The maximum Gasteiger partial charge on any atom is 0.253 e.